The normalized spacial score (nSPS) is 12.6. The van der Waals surface area contributed by atoms with Crippen molar-refractivity contribution in [3.05, 3.63) is 72.9 Å². The minimum atomic E-state index is -0.826. The molecule has 6 nitrogen and oxygen atoms in total. The Morgan fingerprint density at radius 2 is 0.754 bits per heavy atom. The second kappa shape index (κ2) is 49.5. The van der Waals surface area contributed by atoms with Crippen LogP contribution < -0.4 is 0 Å². The summed E-state index contributed by atoms with van der Waals surface area (Å²) in [5.41, 5.74) is 0. The van der Waals surface area contributed by atoms with Crippen LogP contribution in [0.15, 0.2) is 72.9 Å². The van der Waals surface area contributed by atoms with Gasteiger partial charge >= 0.3 is 17.9 Å². The Bertz CT molecular complexity index is 1160. The molecule has 0 aliphatic carbocycles. The molecule has 0 spiro atoms. The minimum absolute atomic E-state index is 0.117. The Morgan fingerprint density at radius 3 is 1.25 bits per heavy atom. The highest BCUT2D eigenvalue weighted by Crippen LogP contribution is 2.13. The maximum atomic E-state index is 12.7. The van der Waals surface area contributed by atoms with Crippen LogP contribution in [0.2, 0.25) is 0 Å². The molecule has 0 aromatic carbocycles. The van der Waals surface area contributed by atoms with E-state index < -0.39 is 12.1 Å². The van der Waals surface area contributed by atoms with Crippen LogP contribution in [0.25, 0.3) is 0 Å². The van der Waals surface area contributed by atoms with Crippen LogP contribution in [0.5, 0.6) is 0 Å². The summed E-state index contributed by atoms with van der Waals surface area (Å²) in [7, 11) is 0. The quantitative estimate of drug-likeness (QED) is 0.0200. The highest BCUT2D eigenvalue weighted by molar-refractivity contribution is 5.72. The van der Waals surface area contributed by atoms with E-state index in [9.17, 15) is 14.4 Å². The zero-order valence-corrected chi connectivity index (χ0v) is 39.9. The summed E-state index contributed by atoms with van der Waals surface area (Å²) in [5, 5.41) is 0. The number of rotatable bonds is 45. The predicted molar refractivity (Wildman–Crippen MR) is 261 cm³/mol. The molecule has 0 N–H and O–H groups in total. The average molecular weight is 851 g/mol. The molecular weight excluding hydrogens is 757 g/mol. The minimum Gasteiger partial charge on any atom is -0.462 e. The summed E-state index contributed by atoms with van der Waals surface area (Å²) in [5.74, 6) is -1.08. The van der Waals surface area contributed by atoms with E-state index in [1.807, 2.05) is 6.08 Å². The first-order valence-electron chi connectivity index (χ1n) is 25.5. The highest BCUT2D eigenvalue weighted by Gasteiger charge is 2.19. The first-order valence-corrected chi connectivity index (χ1v) is 25.5. The van der Waals surface area contributed by atoms with E-state index in [1.165, 1.54) is 116 Å². The Morgan fingerprint density at radius 1 is 0.377 bits per heavy atom. The summed E-state index contributed by atoms with van der Waals surface area (Å²) in [6, 6.07) is 0. The van der Waals surface area contributed by atoms with Crippen molar-refractivity contribution in [3.8, 4) is 0 Å². The molecule has 61 heavy (non-hydrogen) atoms. The fraction of sp³-hybridized carbons (Fsp3) is 0.727. The molecule has 0 saturated carbocycles. The van der Waals surface area contributed by atoms with E-state index in [0.717, 1.165) is 83.5 Å². The van der Waals surface area contributed by atoms with Gasteiger partial charge in [0.1, 0.15) is 13.2 Å². The van der Waals surface area contributed by atoms with Gasteiger partial charge in [-0.1, -0.05) is 209 Å². The smallest absolute Gasteiger partial charge is 0.309 e. The van der Waals surface area contributed by atoms with E-state index in [1.54, 1.807) is 6.08 Å². The van der Waals surface area contributed by atoms with Crippen LogP contribution in [0.3, 0.4) is 0 Å². The van der Waals surface area contributed by atoms with Crippen molar-refractivity contribution in [2.45, 2.75) is 245 Å². The van der Waals surface area contributed by atoms with Gasteiger partial charge in [-0.25, -0.2) is 0 Å². The van der Waals surface area contributed by atoms with Crippen LogP contribution in [0.4, 0.5) is 0 Å². The molecule has 0 saturated heterocycles. The van der Waals surface area contributed by atoms with Crippen LogP contribution in [0.1, 0.15) is 239 Å². The van der Waals surface area contributed by atoms with Crippen molar-refractivity contribution in [1.29, 1.82) is 0 Å². The van der Waals surface area contributed by atoms with Gasteiger partial charge in [-0.2, -0.15) is 0 Å². The summed E-state index contributed by atoms with van der Waals surface area (Å²) in [6.07, 6.45) is 62.1. The molecule has 0 aromatic rings. The van der Waals surface area contributed by atoms with Crippen molar-refractivity contribution in [1.82, 2.24) is 0 Å². The van der Waals surface area contributed by atoms with Crippen LogP contribution >= 0.6 is 0 Å². The van der Waals surface area contributed by atoms with E-state index in [-0.39, 0.29) is 38.0 Å². The molecule has 1 atom stereocenters. The average Bonchev–Trinajstić information content (AvgIpc) is 3.26. The first kappa shape index (κ1) is 57.9. The third kappa shape index (κ3) is 47.7. The molecule has 350 valence electrons. The molecule has 0 radical (unpaired) electrons. The molecule has 0 fully saturated rings. The molecule has 0 amide bonds. The molecule has 6 heteroatoms. The Hall–Kier alpha value is -3.15. The van der Waals surface area contributed by atoms with Gasteiger partial charge in [0.15, 0.2) is 6.10 Å². The molecule has 0 aromatic heterocycles. The van der Waals surface area contributed by atoms with Gasteiger partial charge in [-0.15, -0.1) is 0 Å². The van der Waals surface area contributed by atoms with Crippen LogP contribution in [-0.2, 0) is 28.6 Å². The Labute approximate surface area is 376 Å². The maximum Gasteiger partial charge on any atom is 0.309 e. The lowest BCUT2D eigenvalue weighted by molar-refractivity contribution is -0.166. The fourth-order valence-electron chi connectivity index (χ4n) is 6.90. The standard InChI is InChI=1S/C55H94O6/c1-4-7-10-13-16-19-21-23-25-27-28-30-31-33-36-39-42-45-48-54(57)60-51-52(50-59-53(56)47-44-41-38-35-18-15-12-9-6-3)61-55(58)49-46-43-40-37-34-32-29-26-24-22-20-17-14-11-8-5-2/h9,12,18,26,28-30,32,34-35,41,44,52H,4-8,10-11,13-17,19-25,27,31,33,36-40,42-43,45-51H2,1-3H3/b12-9-,29-26-,30-28-,34-32-,35-18-,44-41-. The second-order valence-electron chi connectivity index (χ2n) is 16.7. The number of esters is 3. The van der Waals surface area contributed by atoms with E-state index in [2.05, 4.69) is 81.5 Å². The zero-order chi connectivity index (χ0) is 44.4. The van der Waals surface area contributed by atoms with Crippen molar-refractivity contribution in [2.75, 3.05) is 13.2 Å². The van der Waals surface area contributed by atoms with E-state index >= 15 is 0 Å². The van der Waals surface area contributed by atoms with Gasteiger partial charge in [-0.05, 0) is 83.5 Å². The summed E-state index contributed by atoms with van der Waals surface area (Å²) in [4.78, 5) is 37.8. The lowest BCUT2D eigenvalue weighted by Crippen LogP contribution is -2.30. The van der Waals surface area contributed by atoms with E-state index in [4.69, 9.17) is 14.2 Å². The van der Waals surface area contributed by atoms with Gasteiger partial charge in [-0.3, -0.25) is 14.4 Å². The summed E-state index contributed by atoms with van der Waals surface area (Å²) in [6.45, 7) is 6.39. The fourth-order valence-corrected chi connectivity index (χ4v) is 6.90. The first-order chi connectivity index (χ1) is 30.0. The number of unbranched alkanes of at least 4 members (excludes halogenated alkanes) is 24. The van der Waals surface area contributed by atoms with Crippen molar-refractivity contribution < 1.29 is 28.6 Å². The molecule has 0 heterocycles. The van der Waals surface area contributed by atoms with Gasteiger partial charge < -0.3 is 14.2 Å². The van der Waals surface area contributed by atoms with Crippen molar-refractivity contribution in [2.24, 2.45) is 0 Å². The topological polar surface area (TPSA) is 78.9 Å². The molecule has 0 rings (SSSR count). The second-order valence-corrected chi connectivity index (χ2v) is 16.7. The number of carbonyl (C=O) groups excluding carboxylic acids is 3. The number of allylic oxidation sites excluding steroid dienone is 11. The maximum absolute atomic E-state index is 12.7. The van der Waals surface area contributed by atoms with Crippen LogP contribution in [0, 0.1) is 0 Å². The third-order valence-corrected chi connectivity index (χ3v) is 10.7. The lowest BCUT2D eigenvalue weighted by atomic mass is 10.1. The number of carbonyl (C=O) groups is 3. The lowest BCUT2D eigenvalue weighted by Gasteiger charge is -2.18. The molecule has 1 unspecified atom stereocenters. The molecule has 0 bridgehead atoms. The van der Waals surface area contributed by atoms with E-state index in [0.29, 0.717) is 6.42 Å². The van der Waals surface area contributed by atoms with Crippen molar-refractivity contribution >= 4 is 17.9 Å². The van der Waals surface area contributed by atoms with Gasteiger partial charge in [0.25, 0.3) is 0 Å². The van der Waals surface area contributed by atoms with Crippen molar-refractivity contribution in [3.63, 3.8) is 0 Å². The van der Waals surface area contributed by atoms with Gasteiger partial charge in [0, 0.05) is 12.8 Å². The number of hydrogen-bond acceptors (Lipinski definition) is 6. The zero-order valence-electron chi connectivity index (χ0n) is 39.9. The number of ether oxygens (including phenoxy) is 3. The molecule has 0 aliphatic heterocycles. The summed E-state index contributed by atoms with van der Waals surface area (Å²) >= 11 is 0. The highest BCUT2D eigenvalue weighted by atomic mass is 16.6. The molecule has 0 aliphatic rings. The summed E-state index contributed by atoms with van der Waals surface area (Å²) < 4.78 is 16.6. The molecular formula is C55H94O6. The SMILES string of the molecule is CC/C=C\C/C=C\C/C=C\CC(=O)OCC(COC(=O)CCCCCCC/C=C\CCCCCCCCCCC)OC(=O)CCCCC/C=C\C=C/CCCCCCCCC. The predicted octanol–water partition coefficient (Wildman–Crippen LogP) is 16.6. The number of hydrogen-bond donors (Lipinski definition) is 0. The third-order valence-electron chi connectivity index (χ3n) is 10.7. The van der Waals surface area contributed by atoms with Gasteiger partial charge in [0.05, 0.1) is 6.42 Å². The largest absolute Gasteiger partial charge is 0.462 e. The Kier molecular flexibility index (Phi) is 46.9. The Balaban J connectivity index is 4.42. The van der Waals surface area contributed by atoms with Gasteiger partial charge in [0.2, 0.25) is 0 Å². The monoisotopic (exact) mass is 851 g/mol. The van der Waals surface area contributed by atoms with Crippen LogP contribution in [-0.4, -0.2) is 37.2 Å².